The minimum Gasteiger partial charge on any atom is -0.493 e. The number of nitrogens with one attached hydrogen (secondary N) is 1. The SMILES string of the molecule is COc1ccc(-c2nnc(CNc3ccc(C)cc3)o2)cc1OC. The highest BCUT2D eigenvalue weighted by Crippen LogP contribution is 2.31. The van der Waals surface area contributed by atoms with Crippen molar-refractivity contribution in [2.75, 3.05) is 19.5 Å². The largest absolute Gasteiger partial charge is 0.493 e. The first-order valence-corrected chi connectivity index (χ1v) is 7.55. The van der Waals surface area contributed by atoms with Crippen LogP contribution in [-0.2, 0) is 6.54 Å². The number of benzene rings is 2. The van der Waals surface area contributed by atoms with E-state index in [0.29, 0.717) is 29.8 Å². The van der Waals surface area contributed by atoms with Crippen molar-refractivity contribution in [1.82, 2.24) is 10.2 Å². The van der Waals surface area contributed by atoms with Gasteiger partial charge in [0.2, 0.25) is 11.8 Å². The molecular formula is C18H19N3O3. The summed E-state index contributed by atoms with van der Waals surface area (Å²) in [6.07, 6.45) is 0. The lowest BCUT2D eigenvalue weighted by molar-refractivity contribution is 0.355. The van der Waals surface area contributed by atoms with E-state index in [0.717, 1.165) is 11.3 Å². The molecule has 0 atom stereocenters. The fourth-order valence-electron chi connectivity index (χ4n) is 2.26. The van der Waals surface area contributed by atoms with E-state index in [1.54, 1.807) is 14.2 Å². The average molecular weight is 325 g/mol. The molecule has 6 heteroatoms. The second-order valence-corrected chi connectivity index (χ2v) is 5.29. The predicted molar refractivity (Wildman–Crippen MR) is 91.3 cm³/mol. The van der Waals surface area contributed by atoms with Gasteiger partial charge in [-0.1, -0.05) is 17.7 Å². The smallest absolute Gasteiger partial charge is 0.247 e. The minimum atomic E-state index is 0.441. The Morgan fingerprint density at radius 2 is 1.71 bits per heavy atom. The molecule has 0 radical (unpaired) electrons. The van der Waals surface area contributed by atoms with Crippen molar-refractivity contribution in [3.8, 4) is 23.0 Å². The molecule has 1 heterocycles. The second-order valence-electron chi connectivity index (χ2n) is 5.29. The maximum absolute atomic E-state index is 5.71. The van der Waals surface area contributed by atoms with Gasteiger partial charge in [-0.15, -0.1) is 10.2 Å². The first kappa shape index (κ1) is 15.9. The molecule has 0 saturated heterocycles. The highest BCUT2D eigenvalue weighted by molar-refractivity contribution is 5.59. The van der Waals surface area contributed by atoms with Gasteiger partial charge in [0.1, 0.15) is 0 Å². The van der Waals surface area contributed by atoms with E-state index in [1.807, 2.05) is 42.5 Å². The normalized spacial score (nSPS) is 10.5. The molecule has 1 N–H and O–H groups in total. The molecule has 6 nitrogen and oxygen atoms in total. The molecule has 0 saturated carbocycles. The van der Waals surface area contributed by atoms with Gasteiger partial charge in [-0.3, -0.25) is 0 Å². The number of nitrogens with zero attached hydrogens (tertiary/aromatic N) is 2. The molecular weight excluding hydrogens is 306 g/mol. The number of ether oxygens (including phenoxy) is 2. The number of aryl methyl sites for hydroxylation is 1. The molecule has 2 aromatic carbocycles. The van der Waals surface area contributed by atoms with E-state index in [1.165, 1.54) is 5.56 Å². The van der Waals surface area contributed by atoms with Crippen LogP contribution in [0.1, 0.15) is 11.5 Å². The molecule has 0 amide bonds. The van der Waals surface area contributed by atoms with Crippen LogP contribution in [0.5, 0.6) is 11.5 Å². The summed E-state index contributed by atoms with van der Waals surface area (Å²) in [4.78, 5) is 0. The van der Waals surface area contributed by atoms with Crippen LogP contribution in [-0.4, -0.2) is 24.4 Å². The number of hydrogen-bond acceptors (Lipinski definition) is 6. The van der Waals surface area contributed by atoms with E-state index >= 15 is 0 Å². The van der Waals surface area contributed by atoms with Gasteiger partial charge in [0.15, 0.2) is 11.5 Å². The minimum absolute atomic E-state index is 0.441. The summed E-state index contributed by atoms with van der Waals surface area (Å²) in [7, 11) is 3.19. The number of methoxy groups -OCH3 is 2. The summed E-state index contributed by atoms with van der Waals surface area (Å²) in [6.45, 7) is 2.51. The Morgan fingerprint density at radius 1 is 0.958 bits per heavy atom. The van der Waals surface area contributed by atoms with Crippen molar-refractivity contribution >= 4 is 5.69 Å². The van der Waals surface area contributed by atoms with Gasteiger partial charge >= 0.3 is 0 Å². The maximum atomic E-state index is 5.71. The van der Waals surface area contributed by atoms with Crippen LogP contribution in [0, 0.1) is 6.92 Å². The Kier molecular flexibility index (Phi) is 4.65. The van der Waals surface area contributed by atoms with Gasteiger partial charge in [-0.2, -0.15) is 0 Å². The topological polar surface area (TPSA) is 69.4 Å². The van der Waals surface area contributed by atoms with E-state index in [2.05, 4.69) is 22.4 Å². The summed E-state index contributed by atoms with van der Waals surface area (Å²) in [5.41, 5.74) is 3.00. The van der Waals surface area contributed by atoms with Crippen LogP contribution >= 0.6 is 0 Å². The summed E-state index contributed by atoms with van der Waals surface area (Å²) in [6, 6.07) is 13.6. The van der Waals surface area contributed by atoms with Crippen LogP contribution in [0.15, 0.2) is 46.9 Å². The molecule has 3 rings (SSSR count). The molecule has 3 aromatic rings. The summed E-state index contributed by atoms with van der Waals surface area (Å²) in [5.74, 6) is 2.23. The second kappa shape index (κ2) is 7.04. The molecule has 0 aliphatic heterocycles. The van der Waals surface area contributed by atoms with Gasteiger partial charge in [0, 0.05) is 11.3 Å². The highest BCUT2D eigenvalue weighted by Gasteiger charge is 2.12. The molecule has 0 aliphatic rings. The van der Waals surface area contributed by atoms with E-state index in [-0.39, 0.29) is 0 Å². The zero-order valence-corrected chi connectivity index (χ0v) is 13.9. The fourth-order valence-corrected chi connectivity index (χ4v) is 2.26. The monoisotopic (exact) mass is 325 g/mol. The number of rotatable bonds is 6. The standard InChI is InChI=1S/C18H19N3O3/c1-12-4-7-14(8-5-12)19-11-17-20-21-18(24-17)13-6-9-15(22-2)16(10-13)23-3/h4-10,19H,11H2,1-3H3. The van der Waals surface area contributed by atoms with Crippen molar-refractivity contribution in [1.29, 1.82) is 0 Å². The number of hydrogen-bond donors (Lipinski definition) is 1. The molecule has 0 unspecified atom stereocenters. The Morgan fingerprint density at radius 3 is 2.42 bits per heavy atom. The zero-order chi connectivity index (χ0) is 16.9. The van der Waals surface area contributed by atoms with Crippen LogP contribution in [0.4, 0.5) is 5.69 Å². The van der Waals surface area contributed by atoms with Crippen molar-refractivity contribution in [2.24, 2.45) is 0 Å². The third-order valence-electron chi connectivity index (χ3n) is 3.59. The van der Waals surface area contributed by atoms with Gasteiger partial charge in [-0.05, 0) is 37.3 Å². The maximum Gasteiger partial charge on any atom is 0.247 e. The first-order valence-electron chi connectivity index (χ1n) is 7.55. The molecule has 0 spiro atoms. The van der Waals surface area contributed by atoms with Crippen LogP contribution < -0.4 is 14.8 Å². The molecule has 124 valence electrons. The lowest BCUT2D eigenvalue weighted by atomic mass is 10.2. The summed E-state index contributed by atoms with van der Waals surface area (Å²) >= 11 is 0. The Bertz CT molecular complexity index is 813. The highest BCUT2D eigenvalue weighted by atomic mass is 16.5. The lowest BCUT2D eigenvalue weighted by Crippen LogP contribution is -1.99. The van der Waals surface area contributed by atoms with E-state index in [9.17, 15) is 0 Å². The predicted octanol–water partition coefficient (Wildman–Crippen LogP) is 3.67. The van der Waals surface area contributed by atoms with Gasteiger partial charge in [0.25, 0.3) is 0 Å². The van der Waals surface area contributed by atoms with Crippen molar-refractivity contribution in [2.45, 2.75) is 13.5 Å². The third kappa shape index (κ3) is 3.48. The Hall–Kier alpha value is -3.02. The summed E-state index contributed by atoms with van der Waals surface area (Å²) in [5, 5.41) is 11.4. The molecule has 0 fully saturated rings. The van der Waals surface area contributed by atoms with Gasteiger partial charge < -0.3 is 19.2 Å². The van der Waals surface area contributed by atoms with Crippen molar-refractivity contribution in [3.63, 3.8) is 0 Å². The van der Waals surface area contributed by atoms with Crippen molar-refractivity contribution in [3.05, 3.63) is 53.9 Å². The van der Waals surface area contributed by atoms with Gasteiger partial charge in [-0.25, -0.2) is 0 Å². The number of anilines is 1. The molecule has 0 aliphatic carbocycles. The van der Waals surface area contributed by atoms with Crippen LogP contribution in [0.3, 0.4) is 0 Å². The molecule has 0 bridgehead atoms. The molecule has 24 heavy (non-hydrogen) atoms. The van der Waals surface area contributed by atoms with Gasteiger partial charge in [0.05, 0.1) is 20.8 Å². The zero-order valence-electron chi connectivity index (χ0n) is 13.9. The Labute approximate surface area is 140 Å². The van der Waals surface area contributed by atoms with Crippen molar-refractivity contribution < 1.29 is 13.9 Å². The third-order valence-corrected chi connectivity index (χ3v) is 3.59. The van der Waals surface area contributed by atoms with E-state index in [4.69, 9.17) is 13.9 Å². The molecule has 1 aromatic heterocycles. The lowest BCUT2D eigenvalue weighted by Gasteiger charge is -2.07. The first-order chi connectivity index (χ1) is 11.7. The quantitative estimate of drug-likeness (QED) is 0.745. The van der Waals surface area contributed by atoms with Crippen LogP contribution in [0.2, 0.25) is 0 Å². The Balaban J connectivity index is 1.72. The average Bonchev–Trinajstić information content (AvgIpc) is 3.09. The van der Waals surface area contributed by atoms with Crippen LogP contribution in [0.25, 0.3) is 11.5 Å². The summed E-state index contributed by atoms with van der Waals surface area (Å²) < 4.78 is 16.2. The number of aromatic nitrogens is 2. The van der Waals surface area contributed by atoms with E-state index < -0.39 is 0 Å². The fraction of sp³-hybridized carbons (Fsp3) is 0.222.